The molecule has 0 aliphatic rings. The summed E-state index contributed by atoms with van der Waals surface area (Å²) in [6.07, 6.45) is 2.49. The molecule has 1 heterocycles. The summed E-state index contributed by atoms with van der Waals surface area (Å²) in [6, 6.07) is 16.7. The van der Waals surface area contributed by atoms with Gasteiger partial charge in [0.25, 0.3) is 5.91 Å². The van der Waals surface area contributed by atoms with Crippen LogP contribution < -0.4 is 16.4 Å². The van der Waals surface area contributed by atoms with Crippen molar-refractivity contribution in [2.24, 2.45) is 0 Å². The number of amides is 1. The number of hydrogen-bond acceptors (Lipinski definition) is 5. The highest BCUT2D eigenvalue weighted by atomic mass is 16.1. The van der Waals surface area contributed by atoms with Crippen LogP contribution in [0.25, 0.3) is 11.3 Å². The van der Waals surface area contributed by atoms with Gasteiger partial charge in [0.2, 0.25) is 0 Å². The van der Waals surface area contributed by atoms with Crippen molar-refractivity contribution in [3.05, 3.63) is 70.9 Å². The van der Waals surface area contributed by atoms with Crippen molar-refractivity contribution >= 4 is 23.0 Å². The monoisotopic (exact) mass is 427 g/mol. The number of nitrogens with two attached hydrogens (primary N) is 1. The molecular formula is C26H29N5O. The molecule has 0 unspecified atom stereocenters. The normalized spacial score (nSPS) is 10.4. The molecule has 0 bridgehead atoms. The maximum absolute atomic E-state index is 12.6. The van der Waals surface area contributed by atoms with Gasteiger partial charge in [-0.25, -0.2) is 4.98 Å². The lowest BCUT2D eigenvalue weighted by Crippen LogP contribution is -2.13. The number of nitrogen functional groups attached to an aromatic ring is 1. The second-order valence-corrected chi connectivity index (χ2v) is 7.50. The third kappa shape index (κ3) is 4.73. The van der Waals surface area contributed by atoms with Crippen LogP contribution in [0.2, 0.25) is 0 Å². The molecule has 0 saturated carbocycles. The average Bonchev–Trinajstić information content (AvgIpc) is 2.83. The number of nitriles is 1. The molecule has 3 rings (SSSR count). The summed E-state index contributed by atoms with van der Waals surface area (Å²) >= 11 is 0. The standard InChI is InChI=1S/C26H29N5O/c1-4-15-29-25-19(5-2)20(16-27)24(30-22(25)6-3)17-11-13-18(14-12-17)26(32)31-23-10-8-7-9-21(23)28/h7-14,29H,4-6,15,28H2,1-3H3,(H,31,32). The number of carbonyl (C=O) groups is 1. The Morgan fingerprint density at radius 3 is 2.38 bits per heavy atom. The van der Waals surface area contributed by atoms with Crippen molar-refractivity contribution in [1.82, 2.24) is 4.98 Å². The Bertz CT molecular complexity index is 1150. The smallest absolute Gasteiger partial charge is 0.255 e. The van der Waals surface area contributed by atoms with Gasteiger partial charge < -0.3 is 16.4 Å². The quantitative estimate of drug-likeness (QED) is 0.418. The number of nitrogens with one attached hydrogen (secondary N) is 2. The van der Waals surface area contributed by atoms with Crippen molar-refractivity contribution in [1.29, 1.82) is 5.26 Å². The predicted octanol–water partition coefficient (Wildman–Crippen LogP) is 5.40. The van der Waals surface area contributed by atoms with E-state index in [4.69, 9.17) is 10.7 Å². The summed E-state index contributed by atoms with van der Waals surface area (Å²) in [5.41, 5.74) is 12.5. The molecule has 6 heteroatoms. The summed E-state index contributed by atoms with van der Waals surface area (Å²) < 4.78 is 0. The third-order valence-corrected chi connectivity index (χ3v) is 5.36. The number of anilines is 3. The molecule has 0 radical (unpaired) electrons. The Hall–Kier alpha value is -3.85. The highest BCUT2D eigenvalue weighted by Crippen LogP contribution is 2.32. The van der Waals surface area contributed by atoms with Gasteiger partial charge in [-0.05, 0) is 49.1 Å². The van der Waals surface area contributed by atoms with Gasteiger partial charge in [-0.2, -0.15) is 5.26 Å². The number of aromatic nitrogens is 1. The number of pyridine rings is 1. The van der Waals surface area contributed by atoms with Gasteiger partial charge in [-0.1, -0.05) is 45.0 Å². The van der Waals surface area contributed by atoms with E-state index in [2.05, 4.69) is 37.5 Å². The van der Waals surface area contributed by atoms with Crippen LogP contribution in [0.4, 0.5) is 17.1 Å². The molecule has 3 aromatic rings. The Kier molecular flexibility index (Phi) is 7.45. The summed E-state index contributed by atoms with van der Waals surface area (Å²) in [5, 5.41) is 16.2. The van der Waals surface area contributed by atoms with Gasteiger partial charge in [-0.3, -0.25) is 4.79 Å². The van der Waals surface area contributed by atoms with Crippen molar-refractivity contribution in [3.63, 3.8) is 0 Å². The molecular weight excluding hydrogens is 398 g/mol. The topological polar surface area (TPSA) is 104 Å². The second kappa shape index (κ2) is 10.5. The Balaban J connectivity index is 1.97. The lowest BCUT2D eigenvalue weighted by atomic mass is 9.96. The Morgan fingerprint density at radius 1 is 1.06 bits per heavy atom. The second-order valence-electron chi connectivity index (χ2n) is 7.50. The molecule has 1 aromatic heterocycles. The van der Waals surface area contributed by atoms with Crippen LogP contribution >= 0.6 is 0 Å². The lowest BCUT2D eigenvalue weighted by molar-refractivity contribution is 0.102. The van der Waals surface area contributed by atoms with Crippen LogP contribution in [0.5, 0.6) is 0 Å². The van der Waals surface area contributed by atoms with Gasteiger partial charge in [-0.15, -0.1) is 0 Å². The molecule has 6 nitrogen and oxygen atoms in total. The predicted molar refractivity (Wildman–Crippen MR) is 131 cm³/mol. The fourth-order valence-electron chi connectivity index (χ4n) is 3.67. The lowest BCUT2D eigenvalue weighted by Gasteiger charge is -2.18. The van der Waals surface area contributed by atoms with Crippen molar-refractivity contribution in [3.8, 4) is 17.3 Å². The minimum Gasteiger partial charge on any atom is -0.397 e. The number of aryl methyl sites for hydroxylation is 1. The van der Waals surface area contributed by atoms with Crippen LogP contribution in [0, 0.1) is 11.3 Å². The fourth-order valence-corrected chi connectivity index (χ4v) is 3.67. The van der Waals surface area contributed by atoms with Crippen LogP contribution in [0.3, 0.4) is 0 Å². The molecule has 2 aromatic carbocycles. The molecule has 4 N–H and O–H groups in total. The first-order valence-electron chi connectivity index (χ1n) is 11.0. The van der Waals surface area contributed by atoms with E-state index in [0.29, 0.717) is 28.2 Å². The maximum atomic E-state index is 12.6. The maximum Gasteiger partial charge on any atom is 0.255 e. The highest BCUT2D eigenvalue weighted by molar-refractivity contribution is 6.06. The van der Waals surface area contributed by atoms with E-state index in [1.54, 1.807) is 24.3 Å². The minimum absolute atomic E-state index is 0.245. The van der Waals surface area contributed by atoms with Crippen LogP contribution in [-0.2, 0) is 12.8 Å². The van der Waals surface area contributed by atoms with E-state index in [1.807, 2.05) is 24.3 Å². The molecule has 1 amide bonds. The first kappa shape index (κ1) is 22.8. The fraction of sp³-hybridized carbons (Fsp3) is 0.269. The largest absolute Gasteiger partial charge is 0.397 e. The third-order valence-electron chi connectivity index (χ3n) is 5.36. The summed E-state index contributed by atoms with van der Waals surface area (Å²) in [6.45, 7) is 7.07. The van der Waals surface area contributed by atoms with E-state index < -0.39 is 0 Å². The van der Waals surface area contributed by atoms with Gasteiger partial charge in [0.1, 0.15) is 6.07 Å². The SMILES string of the molecule is CCCNc1c(CC)nc(-c2ccc(C(=O)Nc3ccccc3N)cc2)c(C#N)c1CC. The molecule has 164 valence electrons. The molecule has 0 fully saturated rings. The molecule has 0 aliphatic carbocycles. The van der Waals surface area contributed by atoms with Gasteiger partial charge in [0.15, 0.2) is 0 Å². The molecule has 32 heavy (non-hydrogen) atoms. The van der Waals surface area contributed by atoms with Gasteiger partial charge >= 0.3 is 0 Å². The summed E-state index contributed by atoms with van der Waals surface area (Å²) in [4.78, 5) is 17.5. The minimum atomic E-state index is -0.245. The summed E-state index contributed by atoms with van der Waals surface area (Å²) in [7, 11) is 0. The molecule has 0 aliphatic heterocycles. The molecule has 0 atom stereocenters. The highest BCUT2D eigenvalue weighted by Gasteiger charge is 2.19. The number of nitrogens with zero attached hydrogens (tertiary/aromatic N) is 2. The van der Waals surface area contributed by atoms with E-state index in [9.17, 15) is 10.1 Å². The van der Waals surface area contributed by atoms with Gasteiger partial charge in [0, 0.05) is 17.7 Å². The zero-order valence-electron chi connectivity index (χ0n) is 18.8. The first-order valence-corrected chi connectivity index (χ1v) is 11.0. The zero-order chi connectivity index (χ0) is 23.1. The Labute approximate surface area is 189 Å². The summed E-state index contributed by atoms with van der Waals surface area (Å²) in [5.74, 6) is -0.245. The van der Waals surface area contributed by atoms with Crippen LogP contribution in [0.15, 0.2) is 48.5 Å². The molecule has 0 saturated heterocycles. The van der Waals surface area contributed by atoms with E-state index in [1.165, 1.54) is 0 Å². The number of carbonyl (C=O) groups excluding carboxylic acids is 1. The van der Waals surface area contributed by atoms with E-state index >= 15 is 0 Å². The Morgan fingerprint density at radius 2 is 1.78 bits per heavy atom. The van der Waals surface area contributed by atoms with Crippen LogP contribution in [0.1, 0.15) is 54.4 Å². The number of para-hydroxylation sites is 2. The van der Waals surface area contributed by atoms with Crippen LogP contribution in [-0.4, -0.2) is 17.4 Å². The first-order chi connectivity index (χ1) is 15.5. The van der Waals surface area contributed by atoms with Crippen molar-refractivity contribution < 1.29 is 4.79 Å². The number of rotatable bonds is 8. The van der Waals surface area contributed by atoms with Gasteiger partial charge in [0.05, 0.1) is 34.0 Å². The average molecular weight is 428 g/mol. The van der Waals surface area contributed by atoms with Crippen molar-refractivity contribution in [2.75, 3.05) is 22.9 Å². The van der Waals surface area contributed by atoms with E-state index in [0.717, 1.165) is 48.3 Å². The van der Waals surface area contributed by atoms with E-state index in [-0.39, 0.29) is 5.91 Å². The van der Waals surface area contributed by atoms with Crippen molar-refractivity contribution in [2.45, 2.75) is 40.0 Å². The molecule has 0 spiro atoms. The zero-order valence-corrected chi connectivity index (χ0v) is 18.8. The number of benzene rings is 2. The number of hydrogen-bond donors (Lipinski definition) is 3.